The summed E-state index contributed by atoms with van der Waals surface area (Å²) in [6, 6.07) is 5.27. The highest BCUT2D eigenvalue weighted by atomic mass is 19.1. The molecule has 1 N–H and O–H groups in total. The van der Waals surface area contributed by atoms with E-state index < -0.39 is 0 Å². The number of hydrogen-bond donors (Lipinski definition) is 1. The van der Waals surface area contributed by atoms with E-state index in [1.807, 2.05) is 24.8 Å². The van der Waals surface area contributed by atoms with Crippen LogP contribution in [-0.4, -0.2) is 46.3 Å². The third-order valence-electron chi connectivity index (χ3n) is 5.23. The number of aromatic nitrogens is 2. The van der Waals surface area contributed by atoms with Crippen LogP contribution in [0.3, 0.4) is 0 Å². The van der Waals surface area contributed by atoms with Gasteiger partial charge in [0.25, 0.3) is 5.91 Å². The number of aryl methyl sites for hydroxylation is 1. The second kappa shape index (κ2) is 6.26. The van der Waals surface area contributed by atoms with Gasteiger partial charge in [-0.25, -0.2) is 9.07 Å². The molecule has 25 heavy (non-hydrogen) atoms. The molecule has 0 unspecified atom stereocenters. The number of rotatable bonds is 2. The average molecular weight is 342 g/mol. The van der Waals surface area contributed by atoms with Gasteiger partial charge < -0.3 is 10.2 Å². The van der Waals surface area contributed by atoms with Gasteiger partial charge in [0, 0.05) is 36.9 Å². The first-order valence-corrected chi connectivity index (χ1v) is 8.95. The van der Waals surface area contributed by atoms with Crippen molar-refractivity contribution in [3.05, 3.63) is 46.5 Å². The highest BCUT2D eigenvalue weighted by Crippen LogP contribution is 2.30. The van der Waals surface area contributed by atoms with Crippen molar-refractivity contribution in [3.8, 4) is 5.69 Å². The molecule has 1 saturated heterocycles. The van der Waals surface area contributed by atoms with Crippen molar-refractivity contribution in [2.45, 2.75) is 39.2 Å². The van der Waals surface area contributed by atoms with Gasteiger partial charge in [0.15, 0.2) is 5.69 Å². The van der Waals surface area contributed by atoms with E-state index in [1.54, 1.807) is 10.7 Å². The second-order valence-electron chi connectivity index (χ2n) is 7.05. The van der Waals surface area contributed by atoms with Crippen LogP contribution in [0.5, 0.6) is 0 Å². The third-order valence-corrected chi connectivity index (χ3v) is 5.23. The summed E-state index contributed by atoms with van der Waals surface area (Å²) in [7, 11) is 0. The molecule has 1 fully saturated rings. The van der Waals surface area contributed by atoms with Crippen molar-refractivity contribution < 1.29 is 9.18 Å². The number of hydrogen-bond acceptors (Lipinski definition) is 3. The van der Waals surface area contributed by atoms with Gasteiger partial charge >= 0.3 is 0 Å². The molecule has 1 amide bonds. The first kappa shape index (κ1) is 16.3. The van der Waals surface area contributed by atoms with Crippen LogP contribution >= 0.6 is 0 Å². The average Bonchev–Trinajstić information content (AvgIpc) is 3.18. The van der Waals surface area contributed by atoms with Crippen LogP contribution in [0.15, 0.2) is 18.2 Å². The SMILES string of the molecule is Cc1ccc(-n2nc(C(=O)N3CCNC[C@H]3C)c3c2CCC3)c(F)c1. The summed E-state index contributed by atoms with van der Waals surface area (Å²) < 4.78 is 16.1. The lowest BCUT2D eigenvalue weighted by Crippen LogP contribution is -2.52. The number of halogens is 1. The molecule has 0 spiro atoms. The number of fused-ring (bicyclic) bond motifs is 1. The van der Waals surface area contributed by atoms with Gasteiger partial charge in [0.05, 0.1) is 0 Å². The van der Waals surface area contributed by atoms with Crippen LogP contribution in [0.25, 0.3) is 5.69 Å². The molecule has 1 aliphatic heterocycles. The first-order chi connectivity index (χ1) is 12.1. The molecule has 1 aromatic heterocycles. The normalized spacial score (nSPS) is 20.0. The summed E-state index contributed by atoms with van der Waals surface area (Å²) in [6.07, 6.45) is 2.66. The van der Waals surface area contributed by atoms with E-state index in [2.05, 4.69) is 10.4 Å². The van der Waals surface area contributed by atoms with Crippen molar-refractivity contribution in [1.82, 2.24) is 20.0 Å². The van der Waals surface area contributed by atoms with Crippen LogP contribution in [0.4, 0.5) is 4.39 Å². The second-order valence-corrected chi connectivity index (χ2v) is 7.05. The minimum absolute atomic E-state index is 0.0292. The number of carbonyl (C=O) groups is 1. The summed E-state index contributed by atoms with van der Waals surface area (Å²) in [6.45, 7) is 6.18. The molecule has 2 heterocycles. The van der Waals surface area contributed by atoms with Crippen molar-refractivity contribution in [2.75, 3.05) is 19.6 Å². The highest BCUT2D eigenvalue weighted by molar-refractivity contribution is 5.94. The molecule has 132 valence electrons. The molecule has 5 nitrogen and oxygen atoms in total. The number of piperazine rings is 1. The molecule has 4 rings (SSSR count). The van der Waals surface area contributed by atoms with Gasteiger partial charge in [-0.15, -0.1) is 0 Å². The lowest BCUT2D eigenvalue weighted by atomic mass is 10.1. The molecule has 0 radical (unpaired) electrons. The maximum atomic E-state index is 14.5. The largest absolute Gasteiger partial charge is 0.332 e. The molecule has 2 aliphatic rings. The van der Waals surface area contributed by atoms with E-state index in [-0.39, 0.29) is 17.8 Å². The Bertz CT molecular complexity index is 829. The van der Waals surface area contributed by atoms with Crippen LogP contribution in [0.2, 0.25) is 0 Å². The Morgan fingerprint density at radius 2 is 2.20 bits per heavy atom. The van der Waals surface area contributed by atoms with Gasteiger partial charge in [0.1, 0.15) is 11.5 Å². The number of carbonyl (C=O) groups excluding carboxylic acids is 1. The fraction of sp³-hybridized carbons (Fsp3) is 0.474. The molecule has 1 aromatic carbocycles. The van der Waals surface area contributed by atoms with Crippen LogP contribution in [0, 0.1) is 12.7 Å². The van der Waals surface area contributed by atoms with Gasteiger partial charge in [-0.3, -0.25) is 4.79 Å². The Balaban J connectivity index is 1.76. The summed E-state index contributed by atoms with van der Waals surface area (Å²) in [5, 5.41) is 7.87. The summed E-state index contributed by atoms with van der Waals surface area (Å²) >= 11 is 0. The summed E-state index contributed by atoms with van der Waals surface area (Å²) in [5.41, 5.74) is 3.78. The Morgan fingerprint density at radius 3 is 2.96 bits per heavy atom. The van der Waals surface area contributed by atoms with Crippen LogP contribution in [0.1, 0.15) is 40.7 Å². The monoisotopic (exact) mass is 342 g/mol. The predicted molar refractivity (Wildman–Crippen MR) is 93.7 cm³/mol. The summed E-state index contributed by atoms with van der Waals surface area (Å²) in [5.74, 6) is -0.329. The van der Waals surface area contributed by atoms with Gasteiger partial charge in [-0.1, -0.05) is 6.07 Å². The Hall–Kier alpha value is -2.21. The zero-order valence-corrected chi connectivity index (χ0v) is 14.7. The van der Waals surface area contributed by atoms with Gasteiger partial charge in [-0.05, 0) is 50.8 Å². The fourth-order valence-corrected chi connectivity index (χ4v) is 3.87. The predicted octanol–water partition coefficient (Wildman–Crippen LogP) is 2.24. The quantitative estimate of drug-likeness (QED) is 0.911. The number of amides is 1. The summed E-state index contributed by atoms with van der Waals surface area (Å²) in [4.78, 5) is 15.0. The molecular formula is C19H23FN4O. The lowest BCUT2D eigenvalue weighted by Gasteiger charge is -2.33. The minimum atomic E-state index is -0.299. The Kier molecular flexibility index (Phi) is 4.07. The molecule has 2 aromatic rings. The van der Waals surface area contributed by atoms with Crippen molar-refractivity contribution in [1.29, 1.82) is 0 Å². The molecular weight excluding hydrogens is 319 g/mol. The zero-order chi connectivity index (χ0) is 17.6. The van der Waals surface area contributed by atoms with E-state index in [0.29, 0.717) is 17.9 Å². The standard InChI is InChI=1S/C19H23FN4O/c1-12-6-7-17(15(20)10-12)24-16-5-3-4-14(16)18(22-24)19(25)23-9-8-21-11-13(23)2/h6-7,10,13,21H,3-5,8-9,11H2,1-2H3/t13-/m1/s1. The van der Waals surface area contributed by atoms with E-state index in [4.69, 9.17) is 0 Å². The van der Waals surface area contributed by atoms with Crippen molar-refractivity contribution >= 4 is 5.91 Å². The van der Waals surface area contributed by atoms with Gasteiger partial charge in [-0.2, -0.15) is 5.10 Å². The van der Waals surface area contributed by atoms with Crippen molar-refractivity contribution in [2.24, 2.45) is 0 Å². The van der Waals surface area contributed by atoms with Crippen LogP contribution in [-0.2, 0) is 12.8 Å². The smallest absolute Gasteiger partial charge is 0.274 e. The van der Waals surface area contributed by atoms with Crippen LogP contribution < -0.4 is 5.32 Å². The van der Waals surface area contributed by atoms with Crippen molar-refractivity contribution in [3.63, 3.8) is 0 Å². The molecule has 1 atom stereocenters. The lowest BCUT2D eigenvalue weighted by molar-refractivity contribution is 0.0648. The van der Waals surface area contributed by atoms with E-state index in [1.165, 1.54) is 6.07 Å². The fourth-order valence-electron chi connectivity index (χ4n) is 3.87. The van der Waals surface area contributed by atoms with E-state index in [9.17, 15) is 9.18 Å². The number of nitrogens with one attached hydrogen (secondary N) is 1. The molecule has 6 heteroatoms. The Labute approximate surface area is 146 Å². The minimum Gasteiger partial charge on any atom is -0.332 e. The number of nitrogens with zero attached hydrogens (tertiary/aromatic N) is 3. The number of benzene rings is 1. The maximum absolute atomic E-state index is 14.5. The molecule has 0 bridgehead atoms. The third kappa shape index (κ3) is 2.74. The Morgan fingerprint density at radius 1 is 1.36 bits per heavy atom. The van der Waals surface area contributed by atoms with E-state index >= 15 is 0 Å². The maximum Gasteiger partial charge on any atom is 0.274 e. The topological polar surface area (TPSA) is 50.2 Å². The zero-order valence-electron chi connectivity index (χ0n) is 14.7. The molecule has 0 saturated carbocycles. The van der Waals surface area contributed by atoms with Gasteiger partial charge in [0.2, 0.25) is 0 Å². The highest BCUT2D eigenvalue weighted by Gasteiger charge is 2.32. The first-order valence-electron chi connectivity index (χ1n) is 8.95. The van der Waals surface area contributed by atoms with E-state index in [0.717, 1.165) is 49.2 Å². The molecule has 1 aliphatic carbocycles.